The largest absolute Gasteiger partial charge is 0.490 e. The molecule has 2 amide bonds. The number of nitrogens with one attached hydrogen (secondary N) is 2. The molecule has 0 atom stereocenters. The summed E-state index contributed by atoms with van der Waals surface area (Å²) in [5.74, 6) is -2.69. The lowest BCUT2D eigenvalue weighted by molar-refractivity contribution is -0.192. The van der Waals surface area contributed by atoms with Crippen molar-refractivity contribution < 1.29 is 47.3 Å². The highest BCUT2D eigenvalue weighted by Gasteiger charge is 2.38. The third-order valence-corrected chi connectivity index (χ3v) is 5.20. The Morgan fingerprint density at radius 3 is 2.17 bits per heavy atom. The molecule has 14 heteroatoms. The number of carboxylic acids is 2. The monoisotopic (exact) mass is 472 g/mol. The van der Waals surface area contributed by atoms with Crippen LogP contribution in [0.15, 0.2) is 24.3 Å². The van der Waals surface area contributed by atoms with Crippen LogP contribution in [-0.2, 0) is 14.3 Å². The number of para-hydroxylation sites is 1. The molecule has 0 aromatic heterocycles. The average molecular weight is 472 g/mol. The molecule has 0 heterocycles. The highest BCUT2D eigenvalue weighted by molar-refractivity contribution is 8.76. The van der Waals surface area contributed by atoms with Crippen LogP contribution in [-0.4, -0.2) is 65.5 Å². The van der Waals surface area contributed by atoms with Gasteiger partial charge in [0, 0.05) is 18.1 Å². The first-order valence-corrected chi connectivity index (χ1v) is 10.5. The maximum absolute atomic E-state index is 12.1. The summed E-state index contributed by atoms with van der Waals surface area (Å²) in [6, 6.07) is 6.63. The van der Waals surface area contributed by atoms with E-state index in [1.165, 1.54) is 28.7 Å². The summed E-state index contributed by atoms with van der Waals surface area (Å²) in [5, 5.41) is 20.9. The average Bonchev–Trinajstić information content (AvgIpc) is 2.66. The van der Waals surface area contributed by atoms with Crippen molar-refractivity contribution in [1.82, 2.24) is 5.32 Å². The van der Waals surface area contributed by atoms with Crippen LogP contribution in [0.2, 0.25) is 0 Å². The number of ether oxygens (including phenoxy) is 1. The number of carbonyl (C=O) groups is 4. The number of hydrogen-bond donors (Lipinski definition) is 4. The molecule has 0 radical (unpaired) electrons. The lowest BCUT2D eigenvalue weighted by Gasteiger charge is -2.10. The summed E-state index contributed by atoms with van der Waals surface area (Å²) < 4.78 is 36.2. The van der Waals surface area contributed by atoms with Gasteiger partial charge >= 0.3 is 24.2 Å². The SMILES string of the molecule is COC(=O)Nc1ccccc1C(=O)NCCSSCCC(=O)O.O=C(O)C(F)(F)F. The van der Waals surface area contributed by atoms with E-state index in [2.05, 4.69) is 15.4 Å². The number of amides is 2. The highest BCUT2D eigenvalue weighted by atomic mass is 33.1. The fourth-order valence-corrected chi connectivity index (χ4v) is 3.39. The number of anilines is 1. The van der Waals surface area contributed by atoms with Crippen LogP contribution in [0.3, 0.4) is 0 Å². The first-order chi connectivity index (χ1) is 14.0. The molecule has 0 saturated carbocycles. The Kier molecular flexibility index (Phi) is 13.1. The molecule has 0 fully saturated rings. The molecule has 0 bridgehead atoms. The van der Waals surface area contributed by atoms with Crippen LogP contribution in [0.25, 0.3) is 0 Å². The van der Waals surface area contributed by atoms with Gasteiger partial charge in [0.05, 0.1) is 24.8 Å². The highest BCUT2D eigenvalue weighted by Crippen LogP contribution is 2.21. The molecule has 1 aromatic rings. The van der Waals surface area contributed by atoms with E-state index < -0.39 is 24.2 Å². The molecule has 9 nitrogen and oxygen atoms in total. The maximum Gasteiger partial charge on any atom is 0.490 e. The van der Waals surface area contributed by atoms with Crippen LogP contribution in [0.5, 0.6) is 0 Å². The van der Waals surface area contributed by atoms with Gasteiger partial charge in [0.25, 0.3) is 5.91 Å². The number of alkyl halides is 3. The first-order valence-electron chi connectivity index (χ1n) is 7.97. The van der Waals surface area contributed by atoms with Crippen LogP contribution in [0, 0.1) is 0 Å². The minimum atomic E-state index is -5.08. The molecule has 30 heavy (non-hydrogen) atoms. The molecule has 0 aliphatic heterocycles. The number of carbonyl (C=O) groups excluding carboxylic acids is 2. The molecular formula is C16H19F3N2O7S2. The summed E-state index contributed by atoms with van der Waals surface area (Å²) in [4.78, 5) is 42.6. The molecule has 0 aliphatic rings. The molecule has 1 aromatic carbocycles. The summed E-state index contributed by atoms with van der Waals surface area (Å²) in [7, 11) is 4.20. The lowest BCUT2D eigenvalue weighted by Crippen LogP contribution is -2.27. The lowest BCUT2D eigenvalue weighted by atomic mass is 10.1. The normalized spacial score (nSPS) is 10.3. The summed E-state index contributed by atoms with van der Waals surface area (Å²) >= 11 is 0. The van der Waals surface area contributed by atoms with E-state index >= 15 is 0 Å². The second kappa shape index (κ2) is 14.4. The Labute approximate surface area is 177 Å². The molecule has 0 unspecified atom stereocenters. The third kappa shape index (κ3) is 12.8. The predicted molar refractivity (Wildman–Crippen MR) is 106 cm³/mol. The second-order valence-corrected chi connectivity index (χ2v) is 7.71. The van der Waals surface area contributed by atoms with E-state index in [1.54, 1.807) is 24.3 Å². The van der Waals surface area contributed by atoms with Gasteiger partial charge in [-0.3, -0.25) is 14.9 Å². The Morgan fingerprint density at radius 2 is 1.63 bits per heavy atom. The van der Waals surface area contributed by atoms with Crippen molar-refractivity contribution in [3.8, 4) is 0 Å². The van der Waals surface area contributed by atoms with E-state index in [0.717, 1.165) is 0 Å². The van der Waals surface area contributed by atoms with Crippen molar-refractivity contribution in [2.24, 2.45) is 0 Å². The van der Waals surface area contributed by atoms with Crippen LogP contribution < -0.4 is 10.6 Å². The number of carboxylic acid groups (broad SMARTS) is 2. The quantitative estimate of drug-likeness (QED) is 0.315. The second-order valence-electron chi connectivity index (χ2n) is 5.01. The van der Waals surface area contributed by atoms with E-state index in [0.29, 0.717) is 29.3 Å². The Hall–Kier alpha value is -2.61. The Morgan fingerprint density at radius 1 is 1.07 bits per heavy atom. The number of halogens is 3. The van der Waals surface area contributed by atoms with Gasteiger partial charge in [0.1, 0.15) is 0 Å². The fourth-order valence-electron chi connectivity index (χ4n) is 1.50. The number of aliphatic carboxylic acids is 2. The van der Waals surface area contributed by atoms with Crippen molar-refractivity contribution in [1.29, 1.82) is 0 Å². The van der Waals surface area contributed by atoms with E-state index in [4.69, 9.17) is 15.0 Å². The molecule has 168 valence electrons. The molecule has 0 aliphatic carbocycles. The Balaban J connectivity index is 0.00000103. The third-order valence-electron chi connectivity index (χ3n) is 2.79. The predicted octanol–water partition coefficient (Wildman–Crippen LogP) is 3.08. The van der Waals surface area contributed by atoms with Gasteiger partial charge in [0.2, 0.25) is 0 Å². The fraction of sp³-hybridized carbons (Fsp3) is 0.375. The zero-order valence-corrected chi connectivity index (χ0v) is 17.2. The van der Waals surface area contributed by atoms with Gasteiger partial charge in [-0.2, -0.15) is 13.2 Å². The number of rotatable bonds is 9. The number of benzene rings is 1. The standard InChI is InChI=1S/C14H18N2O5S2.C2HF3O2/c1-21-14(20)16-11-5-3-2-4-10(11)13(19)15-7-9-23-22-8-6-12(17)18;3-2(4,5)1(6)7/h2-5H,6-9H2,1H3,(H,15,19)(H,16,20)(H,17,18);(H,6,7). The molecule has 4 N–H and O–H groups in total. The van der Waals surface area contributed by atoms with Gasteiger partial charge in [-0.05, 0) is 12.1 Å². The van der Waals surface area contributed by atoms with Gasteiger partial charge in [-0.25, -0.2) is 9.59 Å². The van der Waals surface area contributed by atoms with Crippen molar-refractivity contribution in [3.63, 3.8) is 0 Å². The van der Waals surface area contributed by atoms with E-state index in [9.17, 15) is 27.6 Å². The molecule has 1 rings (SSSR count). The Bertz CT molecular complexity index is 733. The molecule has 0 spiro atoms. The summed E-state index contributed by atoms with van der Waals surface area (Å²) in [6.45, 7) is 0.441. The van der Waals surface area contributed by atoms with Gasteiger partial charge in [-0.15, -0.1) is 0 Å². The van der Waals surface area contributed by atoms with Crippen LogP contribution in [0.4, 0.5) is 23.7 Å². The van der Waals surface area contributed by atoms with Gasteiger partial charge in [0.15, 0.2) is 0 Å². The summed E-state index contributed by atoms with van der Waals surface area (Å²) in [6.07, 6.45) is -5.60. The minimum Gasteiger partial charge on any atom is -0.481 e. The van der Waals surface area contributed by atoms with Crippen molar-refractivity contribution >= 4 is 51.2 Å². The number of hydrogen-bond acceptors (Lipinski definition) is 7. The topological polar surface area (TPSA) is 142 Å². The molecular weight excluding hydrogens is 453 g/mol. The number of methoxy groups -OCH3 is 1. The first kappa shape index (κ1) is 27.4. The zero-order chi connectivity index (χ0) is 23.2. The van der Waals surface area contributed by atoms with Crippen LogP contribution in [0.1, 0.15) is 16.8 Å². The zero-order valence-electron chi connectivity index (χ0n) is 15.5. The summed E-state index contributed by atoms with van der Waals surface area (Å²) in [5.41, 5.74) is 0.724. The van der Waals surface area contributed by atoms with Crippen molar-refractivity contribution in [3.05, 3.63) is 29.8 Å². The van der Waals surface area contributed by atoms with E-state index in [1.807, 2.05) is 0 Å². The molecule has 0 saturated heterocycles. The minimum absolute atomic E-state index is 0.122. The maximum atomic E-state index is 12.1. The van der Waals surface area contributed by atoms with Crippen molar-refractivity contribution in [2.75, 3.05) is 30.5 Å². The van der Waals surface area contributed by atoms with E-state index in [-0.39, 0.29) is 12.3 Å². The van der Waals surface area contributed by atoms with Gasteiger partial charge in [-0.1, -0.05) is 33.7 Å². The van der Waals surface area contributed by atoms with Crippen LogP contribution >= 0.6 is 21.6 Å². The van der Waals surface area contributed by atoms with Crippen molar-refractivity contribution in [2.45, 2.75) is 12.6 Å². The van der Waals surface area contributed by atoms with Gasteiger partial charge < -0.3 is 20.3 Å². The smallest absolute Gasteiger partial charge is 0.481 e.